The predicted molar refractivity (Wildman–Crippen MR) is 139 cm³/mol. The molecule has 182 valence electrons. The third-order valence-corrected chi connectivity index (χ3v) is 6.28. The summed E-state index contributed by atoms with van der Waals surface area (Å²) in [7, 11) is 0. The molecule has 0 radical (unpaired) electrons. The van der Waals surface area contributed by atoms with Crippen LogP contribution >= 0.6 is 0 Å². The number of H-pyrrole nitrogens is 1. The van der Waals surface area contributed by atoms with Gasteiger partial charge in [-0.1, -0.05) is 74.4 Å². The molecule has 0 aliphatic rings. The number of aromatic nitrogens is 8. The zero-order valence-electron chi connectivity index (χ0n) is 20.5. The van der Waals surface area contributed by atoms with Gasteiger partial charge in [0, 0.05) is 30.8 Å². The molecule has 2 aromatic carbocycles. The van der Waals surface area contributed by atoms with Crippen molar-refractivity contribution in [1.29, 1.82) is 0 Å². The van der Waals surface area contributed by atoms with Gasteiger partial charge in [-0.15, -0.1) is 10.2 Å². The number of hydrogen-bond donors (Lipinski definition) is 1. The Labute approximate surface area is 210 Å². The summed E-state index contributed by atoms with van der Waals surface area (Å²) in [5.41, 5.74) is 5.43. The first kappa shape index (κ1) is 23.5. The van der Waals surface area contributed by atoms with Crippen molar-refractivity contribution in [2.24, 2.45) is 0 Å². The van der Waals surface area contributed by atoms with Crippen LogP contribution in [0.1, 0.15) is 49.0 Å². The van der Waals surface area contributed by atoms with Crippen molar-refractivity contribution in [3.05, 3.63) is 95.8 Å². The molecule has 0 saturated carbocycles. The lowest BCUT2D eigenvalue weighted by molar-refractivity contribution is 0.604. The molecule has 0 atom stereocenters. The number of nitrogens with one attached hydrogen (secondary N) is 1. The van der Waals surface area contributed by atoms with Gasteiger partial charge < -0.3 is 0 Å². The van der Waals surface area contributed by atoms with Gasteiger partial charge in [-0.2, -0.15) is 10.3 Å². The number of unbranched alkanes of at least 4 members (excludes halogenated alkanes) is 2. The second-order valence-electron chi connectivity index (χ2n) is 8.90. The van der Waals surface area contributed by atoms with Crippen LogP contribution in [0.15, 0.2) is 73.1 Å². The van der Waals surface area contributed by atoms with Crippen LogP contribution in [0.3, 0.4) is 0 Å². The molecule has 5 aromatic rings. The average Bonchev–Trinajstić information content (AvgIpc) is 3.59. The number of aryl methyl sites for hydroxylation is 3. The van der Waals surface area contributed by atoms with Crippen molar-refractivity contribution < 1.29 is 0 Å². The predicted octanol–water partition coefficient (Wildman–Crippen LogP) is 5.09. The van der Waals surface area contributed by atoms with Gasteiger partial charge >= 0.3 is 0 Å². The normalized spacial score (nSPS) is 11.1. The highest BCUT2D eigenvalue weighted by molar-refractivity contribution is 5.79. The summed E-state index contributed by atoms with van der Waals surface area (Å²) in [4.78, 5) is 9.16. The maximum Gasteiger partial charge on any atom is 0.206 e. The van der Waals surface area contributed by atoms with Crippen LogP contribution in [0.2, 0.25) is 0 Å². The quantitative estimate of drug-likeness (QED) is 0.266. The molecule has 0 spiro atoms. The molecule has 0 bridgehead atoms. The zero-order chi connectivity index (χ0) is 24.6. The Balaban J connectivity index is 1.33. The standard InChI is InChI=1S/C28H30N8/c1-2-3-5-10-27-30-26(16-13-21-8-6-4-7-9-21)33-36(27)20-22-11-14-23(15-12-22)24-17-18-29-19-25(24)28-31-34-35-32-28/h4,6-9,11-12,14-15,17-19H,2-3,5,10,13,16,20H2,1H3,(H,31,32,34,35). The molecule has 0 aliphatic carbocycles. The van der Waals surface area contributed by atoms with E-state index < -0.39 is 0 Å². The molecule has 0 amide bonds. The SMILES string of the molecule is CCCCCc1nc(CCc2ccccc2)nn1Cc1ccc(-c2ccncc2-c2nn[nH]n2)cc1. The molecular formula is C28H30N8. The van der Waals surface area contributed by atoms with Gasteiger partial charge in [0.15, 0.2) is 5.82 Å². The van der Waals surface area contributed by atoms with E-state index in [9.17, 15) is 0 Å². The van der Waals surface area contributed by atoms with Crippen LogP contribution in [-0.2, 0) is 25.8 Å². The van der Waals surface area contributed by atoms with E-state index in [4.69, 9.17) is 10.1 Å². The number of tetrazole rings is 1. The van der Waals surface area contributed by atoms with E-state index in [1.54, 1.807) is 12.4 Å². The lowest BCUT2D eigenvalue weighted by Crippen LogP contribution is -2.07. The third kappa shape index (κ3) is 5.71. The highest BCUT2D eigenvalue weighted by atomic mass is 15.5. The van der Waals surface area contributed by atoms with E-state index in [-0.39, 0.29) is 0 Å². The molecule has 0 aliphatic heterocycles. The van der Waals surface area contributed by atoms with Crippen molar-refractivity contribution in [1.82, 2.24) is 40.4 Å². The number of benzene rings is 2. The van der Waals surface area contributed by atoms with Crippen molar-refractivity contribution in [2.45, 2.75) is 52.0 Å². The van der Waals surface area contributed by atoms with Crippen molar-refractivity contribution in [3.8, 4) is 22.5 Å². The first-order chi connectivity index (χ1) is 17.8. The van der Waals surface area contributed by atoms with Crippen LogP contribution in [0.5, 0.6) is 0 Å². The minimum Gasteiger partial charge on any atom is -0.264 e. The molecule has 36 heavy (non-hydrogen) atoms. The van der Waals surface area contributed by atoms with Crippen molar-refractivity contribution in [3.63, 3.8) is 0 Å². The molecule has 5 rings (SSSR count). The van der Waals surface area contributed by atoms with Crippen LogP contribution in [0, 0.1) is 0 Å². The van der Waals surface area contributed by atoms with Crippen molar-refractivity contribution in [2.75, 3.05) is 0 Å². The highest BCUT2D eigenvalue weighted by Crippen LogP contribution is 2.29. The monoisotopic (exact) mass is 478 g/mol. The number of pyridine rings is 1. The number of hydrogen-bond acceptors (Lipinski definition) is 6. The van der Waals surface area contributed by atoms with E-state index in [0.717, 1.165) is 54.0 Å². The van der Waals surface area contributed by atoms with Crippen molar-refractivity contribution >= 4 is 0 Å². The smallest absolute Gasteiger partial charge is 0.206 e. The summed E-state index contributed by atoms with van der Waals surface area (Å²) in [6, 6.07) is 21.1. The zero-order valence-corrected chi connectivity index (χ0v) is 20.5. The summed E-state index contributed by atoms with van der Waals surface area (Å²) >= 11 is 0. The molecule has 8 heteroatoms. The van der Waals surface area contributed by atoms with E-state index >= 15 is 0 Å². The minimum absolute atomic E-state index is 0.532. The Hall–Kier alpha value is -4.20. The summed E-state index contributed by atoms with van der Waals surface area (Å²) in [5, 5.41) is 19.3. The highest BCUT2D eigenvalue weighted by Gasteiger charge is 2.13. The fourth-order valence-electron chi connectivity index (χ4n) is 4.34. The second kappa shape index (κ2) is 11.5. The Morgan fingerprint density at radius 3 is 2.47 bits per heavy atom. The van der Waals surface area contributed by atoms with Gasteiger partial charge in [0.05, 0.1) is 6.54 Å². The molecule has 0 saturated heterocycles. The summed E-state index contributed by atoms with van der Waals surface area (Å²) in [6.07, 6.45) is 9.82. The summed E-state index contributed by atoms with van der Waals surface area (Å²) < 4.78 is 2.09. The Bertz CT molecular complexity index is 1360. The first-order valence-corrected chi connectivity index (χ1v) is 12.5. The number of nitrogens with zero attached hydrogens (tertiary/aromatic N) is 7. The summed E-state index contributed by atoms with van der Waals surface area (Å²) in [6.45, 7) is 2.93. The molecule has 8 nitrogen and oxygen atoms in total. The minimum atomic E-state index is 0.532. The van der Waals surface area contributed by atoms with Gasteiger partial charge in [-0.05, 0) is 46.4 Å². The van der Waals surface area contributed by atoms with E-state index in [1.165, 1.54) is 24.0 Å². The van der Waals surface area contributed by atoms with Gasteiger partial charge in [0.1, 0.15) is 5.82 Å². The largest absolute Gasteiger partial charge is 0.264 e. The number of rotatable bonds is 11. The van der Waals surface area contributed by atoms with Crippen LogP contribution in [0.4, 0.5) is 0 Å². The molecule has 1 N–H and O–H groups in total. The topological polar surface area (TPSA) is 98.1 Å². The molecule has 3 heterocycles. The van der Waals surface area contributed by atoms with Gasteiger partial charge in [-0.3, -0.25) is 4.98 Å². The molecule has 0 fully saturated rings. The molecular weight excluding hydrogens is 448 g/mol. The second-order valence-corrected chi connectivity index (χ2v) is 8.90. The van der Waals surface area contributed by atoms with Crippen LogP contribution < -0.4 is 0 Å². The lowest BCUT2D eigenvalue weighted by Gasteiger charge is -2.09. The van der Waals surface area contributed by atoms with Crippen LogP contribution in [0.25, 0.3) is 22.5 Å². The average molecular weight is 479 g/mol. The Morgan fingerprint density at radius 2 is 1.69 bits per heavy atom. The lowest BCUT2D eigenvalue weighted by atomic mass is 10.00. The third-order valence-electron chi connectivity index (χ3n) is 6.28. The first-order valence-electron chi connectivity index (χ1n) is 12.5. The maximum atomic E-state index is 4.92. The van der Waals surface area contributed by atoms with Gasteiger partial charge in [-0.25, -0.2) is 9.67 Å². The fourth-order valence-corrected chi connectivity index (χ4v) is 4.34. The molecule has 0 unspecified atom stereocenters. The molecule has 3 aromatic heterocycles. The van der Waals surface area contributed by atoms with E-state index in [1.807, 2.05) is 12.1 Å². The maximum absolute atomic E-state index is 4.92. The van der Waals surface area contributed by atoms with E-state index in [2.05, 4.69) is 85.7 Å². The number of aromatic amines is 1. The van der Waals surface area contributed by atoms with Gasteiger partial charge in [0.25, 0.3) is 0 Å². The van der Waals surface area contributed by atoms with Crippen LogP contribution in [-0.4, -0.2) is 40.4 Å². The summed E-state index contributed by atoms with van der Waals surface area (Å²) in [5.74, 6) is 2.53. The van der Waals surface area contributed by atoms with Gasteiger partial charge in [0.2, 0.25) is 5.82 Å². The Kier molecular flexibility index (Phi) is 7.51. The Morgan fingerprint density at radius 1 is 0.833 bits per heavy atom. The van der Waals surface area contributed by atoms with E-state index in [0.29, 0.717) is 12.4 Å². The fraction of sp³-hybridized carbons (Fsp3) is 0.286.